The van der Waals surface area contributed by atoms with E-state index >= 15 is 0 Å². The standard InChI is InChI=1S/C17H26N2S/c1-2-3-4-5-6-10-13-18-17-19-14-16(20-17)15-11-8-7-9-12-15/h7-9,11-12,16H,2-6,10,13-14H2,1H3,(H,18,19). The van der Waals surface area contributed by atoms with Crippen molar-refractivity contribution in [3.05, 3.63) is 35.9 Å². The van der Waals surface area contributed by atoms with Gasteiger partial charge in [0.15, 0.2) is 5.17 Å². The number of nitrogens with zero attached hydrogens (tertiary/aromatic N) is 1. The Morgan fingerprint density at radius 3 is 2.65 bits per heavy atom. The number of nitrogens with one attached hydrogen (secondary N) is 1. The number of aliphatic imine (C=N–C) groups is 1. The number of thioether (sulfide) groups is 1. The van der Waals surface area contributed by atoms with E-state index in [0.29, 0.717) is 5.25 Å². The molecule has 0 fully saturated rings. The van der Waals surface area contributed by atoms with Crippen LogP contribution < -0.4 is 5.32 Å². The second-order valence-corrected chi connectivity index (χ2v) is 6.55. The molecule has 110 valence electrons. The van der Waals surface area contributed by atoms with Crippen LogP contribution in [-0.2, 0) is 0 Å². The van der Waals surface area contributed by atoms with Crippen LogP contribution in [0.4, 0.5) is 0 Å². The molecule has 1 atom stereocenters. The van der Waals surface area contributed by atoms with E-state index in [9.17, 15) is 0 Å². The Bertz CT molecular complexity index is 403. The quantitative estimate of drug-likeness (QED) is 0.697. The van der Waals surface area contributed by atoms with Gasteiger partial charge in [-0.25, -0.2) is 0 Å². The van der Waals surface area contributed by atoms with Crippen molar-refractivity contribution >= 4 is 16.9 Å². The summed E-state index contributed by atoms with van der Waals surface area (Å²) in [5.74, 6) is 0. The van der Waals surface area contributed by atoms with Crippen molar-refractivity contribution in [2.45, 2.75) is 50.7 Å². The van der Waals surface area contributed by atoms with E-state index in [-0.39, 0.29) is 0 Å². The molecule has 1 aromatic rings. The van der Waals surface area contributed by atoms with Gasteiger partial charge < -0.3 is 5.32 Å². The average molecular weight is 290 g/mol. The Kier molecular flexibility index (Phi) is 6.99. The summed E-state index contributed by atoms with van der Waals surface area (Å²) in [6, 6.07) is 10.7. The van der Waals surface area contributed by atoms with E-state index in [1.165, 1.54) is 44.1 Å². The number of rotatable bonds is 8. The molecule has 0 saturated heterocycles. The first-order valence-electron chi connectivity index (χ1n) is 7.90. The molecule has 1 unspecified atom stereocenters. The Labute approximate surface area is 127 Å². The monoisotopic (exact) mass is 290 g/mol. The Morgan fingerprint density at radius 1 is 1.10 bits per heavy atom. The summed E-state index contributed by atoms with van der Waals surface area (Å²) >= 11 is 1.87. The topological polar surface area (TPSA) is 24.4 Å². The van der Waals surface area contributed by atoms with Crippen molar-refractivity contribution in [2.24, 2.45) is 4.99 Å². The van der Waals surface area contributed by atoms with Gasteiger partial charge in [0.2, 0.25) is 0 Å². The van der Waals surface area contributed by atoms with Gasteiger partial charge in [0.1, 0.15) is 0 Å². The molecule has 2 nitrogen and oxygen atoms in total. The van der Waals surface area contributed by atoms with E-state index in [1.807, 2.05) is 11.8 Å². The molecule has 1 aromatic carbocycles. The first-order chi connectivity index (χ1) is 9.90. The van der Waals surface area contributed by atoms with Crippen molar-refractivity contribution in [2.75, 3.05) is 13.1 Å². The predicted octanol–water partition coefficient (Wildman–Crippen LogP) is 4.78. The number of unbranched alkanes of at least 4 members (excludes halogenated alkanes) is 5. The van der Waals surface area contributed by atoms with Gasteiger partial charge in [-0.2, -0.15) is 0 Å². The molecule has 1 aliphatic rings. The number of benzene rings is 1. The van der Waals surface area contributed by atoms with E-state index in [0.717, 1.165) is 18.3 Å². The second kappa shape index (κ2) is 9.06. The third kappa shape index (κ3) is 5.20. The highest BCUT2D eigenvalue weighted by molar-refractivity contribution is 8.14. The molecule has 0 radical (unpaired) electrons. The minimum absolute atomic E-state index is 0.503. The zero-order chi connectivity index (χ0) is 14.0. The molecule has 0 aromatic heterocycles. The SMILES string of the molecule is CCCCCCCCNC1=NCC(c2ccccc2)S1. The van der Waals surface area contributed by atoms with E-state index in [4.69, 9.17) is 0 Å². The summed E-state index contributed by atoms with van der Waals surface area (Å²) in [7, 11) is 0. The van der Waals surface area contributed by atoms with Crippen LogP contribution in [0.25, 0.3) is 0 Å². The third-order valence-electron chi connectivity index (χ3n) is 3.63. The van der Waals surface area contributed by atoms with Gasteiger partial charge in [-0.1, -0.05) is 81.1 Å². The molecule has 1 heterocycles. The molecule has 1 aliphatic heterocycles. The summed E-state index contributed by atoms with van der Waals surface area (Å²) in [4.78, 5) is 4.61. The second-order valence-electron chi connectivity index (χ2n) is 5.36. The van der Waals surface area contributed by atoms with Crippen LogP contribution in [0.5, 0.6) is 0 Å². The van der Waals surface area contributed by atoms with Gasteiger partial charge in [-0.05, 0) is 12.0 Å². The van der Waals surface area contributed by atoms with Gasteiger partial charge in [-0.3, -0.25) is 4.99 Å². The Morgan fingerprint density at radius 2 is 1.85 bits per heavy atom. The maximum absolute atomic E-state index is 4.61. The van der Waals surface area contributed by atoms with Gasteiger partial charge >= 0.3 is 0 Å². The third-order valence-corrected chi connectivity index (χ3v) is 4.83. The molecule has 2 rings (SSSR count). The maximum atomic E-state index is 4.61. The number of amidine groups is 1. The summed E-state index contributed by atoms with van der Waals surface area (Å²) < 4.78 is 0. The summed E-state index contributed by atoms with van der Waals surface area (Å²) in [5, 5.41) is 5.12. The van der Waals surface area contributed by atoms with Crippen LogP contribution in [0.1, 0.15) is 56.3 Å². The number of hydrogen-bond acceptors (Lipinski definition) is 3. The summed E-state index contributed by atoms with van der Waals surface area (Å²) in [6.07, 6.45) is 8.08. The molecule has 0 saturated carbocycles. The Hall–Kier alpha value is -0.960. The minimum atomic E-state index is 0.503. The lowest BCUT2D eigenvalue weighted by Crippen LogP contribution is -2.20. The van der Waals surface area contributed by atoms with Crippen molar-refractivity contribution < 1.29 is 0 Å². The fourth-order valence-electron chi connectivity index (χ4n) is 2.41. The smallest absolute Gasteiger partial charge is 0.157 e. The van der Waals surface area contributed by atoms with E-state index in [1.54, 1.807) is 0 Å². The lowest BCUT2D eigenvalue weighted by Gasteiger charge is -2.09. The highest BCUT2D eigenvalue weighted by Gasteiger charge is 2.20. The van der Waals surface area contributed by atoms with Crippen LogP contribution in [0.2, 0.25) is 0 Å². The van der Waals surface area contributed by atoms with Gasteiger partial charge in [-0.15, -0.1) is 0 Å². The van der Waals surface area contributed by atoms with E-state index in [2.05, 4.69) is 47.6 Å². The zero-order valence-electron chi connectivity index (χ0n) is 12.5. The highest BCUT2D eigenvalue weighted by atomic mass is 32.2. The first-order valence-corrected chi connectivity index (χ1v) is 8.78. The molecule has 0 spiro atoms. The summed E-state index contributed by atoms with van der Waals surface area (Å²) in [6.45, 7) is 4.24. The molecular weight excluding hydrogens is 264 g/mol. The fraction of sp³-hybridized carbons (Fsp3) is 0.588. The van der Waals surface area contributed by atoms with Gasteiger partial charge in [0.05, 0.1) is 11.8 Å². The largest absolute Gasteiger partial charge is 0.365 e. The van der Waals surface area contributed by atoms with Crippen molar-refractivity contribution in [3.8, 4) is 0 Å². The van der Waals surface area contributed by atoms with E-state index < -0.39 is 0 Å². The molecule has 0 aliphatic carbocycles. The van der Waals surface area contributed by atoms with Crippen LogP contribution in [-0.4, -0.2) is 18.3 Å². The van der Waals surface area contributed by atoms with Crippen LogP contribution in [0, 0.1) is 0 Å². The van der Waals surface area contributed by atoms with Crippen LogP contribution in [0.15, 0.2) is 35.3 Å². The molecule has 0 bridgehead atoms. The lowest BCUT2D eigenvalue weighted by molar-refractivity contribution is 0.603. The molecule has 0 amide bonds. The van der Waals surface area contributed by atoms with Crippen LogP contribution >= 0.6 is 11.8 Å². The maximum Gasteiger partial charge on any atom is 0.157 e. The molecule has 1 N–H and O–H groups in total. The van der Waals surface area contributed by atoms with Crippen LogP contribution in [0.3, 0.4) is 0 Å². The normalized spacial score (nSPS) is 18.1. The van der Waals surface area contributed by atoms with Crippen molar-refractivity contribution in [3.63, 3.8) is 0 Å². The van der Waals surface area contributed by atoms with Gasteiger partial charge in [0.25, 0.3) is 0 Å². The summed E-state index contributed by atoms with van der Waals surface area (Å²) in [5.41, 5.74) is 1.39. The highest BCUT2D eigenvalue weighted by Crippen LogP contribution is 2.34. The van der Waals surface area contributed by atoms with Crippen molar-refractivity contribution in [1.82, 2.24) is 5.32 Å². The predicted molar refractivity (Wildman–Crippen MR) is 90.5 cm³/mol. The van der Waals surface area contributed by atoms with Gasteiger partial charge in [0, 0.05) is 6.54 Å². The molecule has 20 heavy (non-hydrogen) atoms. The average Bonchev–Trinajstić information content (AvgIpc) is 2.96. The first kappa shape index (κ1) is 15.4. The Balaban J connectivity index is 1.57. The van der Waals surface area contributed by atoms with Crippen molar-refractivity contribution in [1.29, 1.82) is 0 Å². The lowest BCUT2D eigenvalue weighted by atomic mass is 10.1. The fourth-order valence-corrected chi connectivity index (χ4v) is 3.46. The molecular formula is C17H26N2S. The minimum Gasteiger partial charge on any atom is -0.365 e. The zero-order valence-corrected chi connectivity index (χ0v) is 13.3. The number of hydrogen-bond donors (Lipinski definition) is 1. The molecule has 3 heteroatoms.